The molecule has 0 bridgehead atoms. The fraction of sp³-hybridized carbons (Fsp3) is 0.136. The number of hydrogen-bond donors (Lipinski definition) is 2. The minimum Gasteiger partial charge on any atom is -0.489 e. The Morgan fingerprint density at radius 2 is 1.74 bits per heavy atom. The van der Waals surface area contributed by atoms with Crippen molar-refractivity contribution in [1.29, 1.82) is 0 Å². The number of aromatic nitrogens is 1. The number of hydrazine groups is 1. The summed E-state index contributed by atoms with van der Waals surface area (Å²) >= 11 is 0. The highest BCUT2D eigenvalue weighted by atomic mass is 16.5. The van der Waals surface area contributed by atoms with Gasteiger partial charge in [-0.15, -0.1) is 0 Å². The molecule has 3 aromatic rings. The van der Waals surface area contributed by atoms with Gasteiger partial charge in [-0.2, -0.15) is 0 Å². The number of aryl methyl sites for hydroxylation is 1. The molecule has 4 N–H and O–H groups in total. The molecule has 0 spiro atoms. The maximum absolute atomic E-state index is 6.10. The summed E-state index contributed by atoms with van der Waals surface area (Å²) in [6.07, 6.45) is 3.46. The number of nitrogens with two attached hydrogens (primary N) is 2. The Kier molecular flexibility index (Phi) is 6.07. The Balaban J connectivity index is 1.55. The number of ether oxygens (including phenoxy) is 1. The zero-order valence-electron chi connectivity index (χ0n) is 15.4. The van der Waals surface area contributed by atoms with Gasteiger partial charge in [0.1, 0.15) is 12.4 Å². The van der Waals surface area contributed by atoms with Crippen molar-refractivity contribution in [3.8, 4) is 5.75 Å². The Hall–Kier alpha value is -3.31. The van der Waals surface area contributed by atoms with Gasteiger partial charge in [0, 0.05) is 23.7 Å². The highest BCUT2D eigenvalue weighted by molar-refractivity contribution is 5.61. The summed E-state index contributed by atoms with van der Waals surface area (Å²) in [5.74, 6) is 6.90. The number of benzene rings is 2. The third kappa shape index (κ3) is 5.59. The molecule has 0 fully saturated rings. The predicted octanol–water partition coefficient (Wildman–Crippen LogP) is 3.60. The summed E-state index contributed by atoms with van der Waals surface area (Å²) in [4.78, 5) is 4.25. The Labute approximate surface area is 159 Å². The minimum absolute atomic E-state index is 0.541. The molecular weight excluding hydrogens is 336 g/mol. The van der Waals surface area contributed by atoms with Crippen molar-refractivity contribution in [2.45, 2.75) is 20.1 Å². The van der Waals surface area contributed by atoms with Crippen molar-refractivity contribution in [2.75, 3.05) is 0 Å². The topological polar surface area (TPSA) is 77.4 Å². The van der Waals surface area contributed by atoms with E-state index in [2.05, 4.69) is 4.98 Å². The van der Waals surface area contributed by atoms with Crippen molar-refractivity contribution in [3.05, 3.63) is 102 Å². The van der Waals surface area contributed by atoms with E-state index in [1.54, 1.807) is 17.4 Å². The van der Waals surface area contributed by atoms with Crippen molar-refractivity contribution in [3.63, 3.8) is 0 Å². The van der Waals surface area contributed by atoms with Crippen LogP contribution < -0.4 is 16.3 Å². The summed E-state index contributed by atoms with van der Waals surface area (Å²) in [5, 5.41) is 1.56. The SMILES string of the molecule is Cc1ccc(/C(N)=C/N(N)Cc2ccc(OCc3ccccc3)cc2)cn1. The first-order valence-corrected chi connectivity index (χ1v) is 8.77. The molecule has 27 heavy (non-hydrogen) atoms. The summed E-state index contributed by atoms with van der Waals surface area (Å²) in [6, 6.07) is 21.8. The highest BCUT2D eigenvalue weighted by Crippen LogP contribution is 2.16. The average molecular weight is 360 g/mol. The van der Waals surface area contributed by atoms with Gasteiger partial charge in [0.15, 0.2) is 0 Å². The molecule has 0 unspecified atom stereocenters. The van der Waals surface area contributed by atoms with Gasteiger partial charge in [-0.1, -0.05) is 42.5 Å². The third-order valence-corrected chi connectivity index (χ3v) is 4.09. The molecule has 5 heteroatoms. The van der Waals surface area contributed by atoms with Crippen LogP contribution in [0, 0.1) is 6.92 Å². The first-order chi connectivity index (χ1) is 13.1. The fourth-order valence-electron chi connectivity index (χ4n) is 2.58. The smallest absolute Gasteiger partial charge is 0.119 e. The molecule has 1 heterocycles. The summed E-state index contributed by atoms with van der Waals surface area (Å²) in [7, 11) is 0. The highest BCUT2D eigenvalue weighted by Gasteiger charge is 2.02. The van der Waals surface area contributed by atoms with E-state index in [1.807, 2.05) is 73.7 Å². The monoisotopic (exact) mass is 360 g/mol. The van der Waals surface area contributed by atoms with Gasteiger partial charge in [0.2, 0.25) is 0 Å². The normalized spacial score (nSPS) is 11.3. The van der Waals surface area contributed by atoms with E-state index >= 15 is 0 Å². The Morgan fingerprint density at radius 1 is 1.00 bits per heavy atom. The van der Waals surface area contributed by atoms with E-state index < -0.39 is 0 Å². The molecule has 3 rings (SSSR count). The van der Waals surface area contributed by atoms with Gasteiger partial charge in [-0.05, 0) is 42.3 Å². The fourth-order valence-corrected chi connectivity index (χ4v) is 2.58. The molecule has 0 aliphatic rings. The van der Waals surface area contributed by atoms with Crippen LogP contribution in [-0.2, 0) is 13.2 Å². The molecule has 0 aliphatic carbocycles. The first-order valence-electron chi connectivity index (χ1n) is 8.77. The molecule has 0 amide bonds. The lowest BCUT2D eigenvalue weighted by molar-refractivity contribution is 0.306. The quantitative estimate of drug-likeness (QED) is 0.497. The van der Waals surface area contributed by atoms with Crippen LogP contribution in [0.15, 0.2) is 79.1 Å². The summed E-state index contributed by atoms with van der Waals surface area (Å²) in [5.41, 5.74) is 10.7. The van der Waals surface area contributed by atoms with E-state index in [9.17, 15) is 0 Å². The van der Waals surface area contributed by atoms with Gasteiger partial charge >= 0.3 is 0 Å². The van der Waals surface area contributed by atoms with Crippen molar-refractivity contribution in [1.82, 2.24) is 9.99 Å². The molecule has 5 nitrogen and oxygen atoms in total. The zero-order chi connectivity index (χ0) is 19.1. The minimum atomic E-state index is 0.541. The molecule has 0 radical (unpaired) electrons. The zero-order valence-corrected chi connectivity index (χ0v) is 15.4. The molecule has 0 atom stereocenters. The van der Waals surface area contributed by atoms with Crippen LogP contribution in [0.4, 0.5) is 0 Å². The van der Waals surface area contributed by atoms with Crippen molar-refractivity contribution in [2.24, 2.45) is 11.6 Å². The van der Waals surface area contributed by atoms with Crippen molar-refractivity contribution < 1.29 is 4.74 Å². The van der Waals surface area contributed by atoms with E-state index in [0.717, 1.165) is 28.1 Å². The largest absolute Gasteiger partial charge is 0.489 e. The van der Waals surface area contributed by atoms with Gasteiger partial charge in [0.05, 0.1) is 12.2 Å². The van der Waals surface area contributed by atoms with Crippen LogP contribution in [0.25, 0.3) is 5.70 Å². The lowest BCUT2D eigenvalue weighted by Crippen LogP contribution is -2.25. The van der Waals surface area contributed by atoms with E-state index in [-0.39, 0.29) is 0 Å². The van der Waals surface area contributed by atoms with Crippen LogP contribution in [-0.4, -0.2) is 9.99 Å². The van der Waals surface area contributed by atoms with Gasteiger partial charge in [-0.25, -0.2) is 5.84 Å². The average Bonchev–Trinajstić information content (AvgIpc) is 2.68. The maximum atomic E-state index is 6.10. The first kappa shape index (κ1) is 18.5. The van der Waals surface area contributed by atoms with Gasteiger partial charge < -0.3 is 15.5 Å². The van der Waals surface area contributed by atoms with E-state index in [0.29, 0.717) is 18.8 Å². The van der Waals surface area contributed by atoms with Gasteiger partial charge in [0.25, 0.3) is 0 Å². The second-order valence-electron chi connectivity index (χ2n) is 6.36. The van der Waals surface area contributed by atoms with E-state index in [1.165, 1.54) is 0 Å². The Morgan fingerprint density at radius 3 is 2.41 bits per heavy atom. The summed E-state index contributed by atoms with van der Waals surface area (Å²) < 4.78 is 5.80. The van der Waals surface area contributed by atoms with Crippen LogP contribution >= 0.6 is 0 Å². The van der Waals surface area contributed by atoms with Crippen LogP contribution in [0.5, 0.6) is 5.75 Å². The number of hydrogen-bond acceptors (Lipinski definition) is 5. The summed E-state index contributed by atoms with van der Waals surface area (Å²) in [6.45, 7) is 3.03. The van der Waals surface area contributed by atoms with Crippen LogP contribution in [0.3, 0.4) is 0 Å². The number of pyridine rings is 1. The maximum Gasteiger partial charge on any atom is 0.119 e. The molecule has 0 saturated heterocycles. The van der Waals surface area contributed by atoms with Gasteiger partial charge in [-0.3, -0.25) is 4.98 Å². The number of nitrogens with zero attached hydrogens (tertiary/aromatic N) is 2. The van der Waals surface area contributed by atoms with Crippen LogP contribution in [0.1, 0.15) is 22.4 Å². The molecule has 0 saturated carbocycles. The van der Waals surface area contributed by atoms with Crippen molar-refractivity contribution >= 4 is 5.70 Å². The molecule has 2 aromatic carbocycles. The molecule has 1 aromatic heterocycles. The lowest BCUT2D eigenvalue weighted by Gasteiger charge is -2.15. The molecular formula is C22H24N4O. The molecule has 138 valence electrons. The third-order valence-electron chi connectivity index (χ3n) is 4.09. The number of rotatable bonds is 7. The second-order valence-corrected chi connectivity index (χ2v) is 6.36. The molecule has 0 aliphatic heterocycles. The van der Waals surface area contributed by atoms with Crippen LogP contribution in [0.2, 0.25) is 0 Å². The Bertz CT molecular complexity index is 874. The second kappa shape index (κ2) is 8.87. The van der Waals surface area contributed by atoms with E-state index in [4.69, 9.17) is 16.3 Å². The predicted molar refractivity (Wildman–Crippen MR) is 108 cm³/mol. The lowest BCUT2D eigenvalue weighted by atomic mass is 10.2. The standard InChI is InChI=1S/C22H24N4O/c1-17-7-10-20(13-25-17)22(23)15-26(24)14-18-8-11-21(12-9-18)27-16-19-5-3-2-4-6-19/h2-13,15H,14,16,23-24H2,1H3/b22-15-.